The summed E-state index contributed by atoms with van der Waals surface area (Å²) in [5.41, 5.74) is 2.36. The van der Waals surface area contributed by atoms with Gasteiger partial charge in [-0.05, 0) is 24.6 Å². The van der Waals surface area contributed by atoms with Crippen molar-refractivity contribution < 1.29 is 9.53 Å². The molecule has 5 nitrogen and oxygen atoms in total. The average molecular weight is 259 g/mol. The molecular weight excluding hydrogens is 242 g/mol. The Morgan fingerprint density at radius 3 is 2.58 bits per heavy atom. The standard InChI is InChI=1S/C14H17N3O2/c1-10-13(9-17(2)16-10)14(18)15-8-11-4-6-12(19-3)7-5-11/h4-7,9H,8H2,1-3H3,(H,15,18). The van der Waals surface area contributed by atoms with Crippen LogP contribution in [0.1, 0.15) is 21.6 Å². The minimum absolute atomic E-state index is 0.110. The van der Waals surface area contributed by atoms with Crippen molar-refractivity contribution in [3.63, 3.8) is 0 Å². The summed E-state index contributed by atoms with van der Waals surface area (Å²) < 4.78 is 6.72. The first-order chi connectivity index (χ1) is 9.10. The Morgan fingerprint density at radius 2 is 2.05 bits per heavy atom. The van der Waals surface area contributed by atoms with Crippen molar-refractivity contribution in [1.29, 1.82) is 0 Å². The van der Waals surface area contributed by atoms with E-state index in [-0.39, 0.29) is 5.91 Å². The topological polar surface area (TPSA) is 56.1 Å². The lowest BCUT2D eigenvalue weighted by molar-refractivity contribution is 0.0950. The van der Waals surface area contributed by atoms with Crippen LogP contribution in [0.2, 0.25) is 0 Å². The Hall–Kier alpha value is -2.30. The number of aromatic nitrogens is 2. The zero-order valence-electron chi connectivity index (χ0n) is 11.3. The minimum atomic E-state index is -0.110. The van der Waals surface area contributed by atoms with E-state index < -0.39 is 0 Å². The quantitative estimate of drug-likeness (QED) is 0.908. The third-order valence-corrected chi connectivity index (χ3v) is 2.87. The first kappa shape index (κ1) is 13.1. The Morgan fingerprint density at radius 1 is 1.37 bits per heavy atom. The lowest BCUT2D eigenvalue weighted by Crippen LogP contribution is -2.23. The maximum absolute atomic E-state index is 12.0. The van der Waals surface area contributed by atoms with Crippen LogP contribution in [0.15, 0.2) is 30.5 Å². The molecule has 0 atom stereocenters. The first-order valence-corrected chi connectivity index (χ1v) is 6.01. The van der Waals surface area contributed by atoms with Crippen molar-refractivity contribution >= 4 is 5.91 Å². The molecule has 0 aliphatic heterocycles. The second kappa shape index (κ2) is 5.56. The van der Waals surface area contributed by atoms with E-state index in [1.165, 1.54) is 0 Å². The van der Waals surface area contributed by atoms with Crippen LogP contribution in [-0.4, -0.2) is 22.8 Å². The van der Waals surface area contributed by atoms with Gasteiger partial charge in [-0.1, -0.05) is 12.1 Å². The van der Waals surface area contributed by atoms with Crippen LogP contribution in [0.5, 0.6) is 5.75 Å². The fourth-order valence-electron chi connectivity index (χ4n) is 1.84. The van der Waals surface area contributed by atoms with Crippen LogP contribution in [0.4, 0.5) is 0 Å². The Bertz CT molecular complexity index is 573. The van der Waals surface area contributed by atoms with E-state index in [9.17, 15) is 4.79 Å². The summed E-state index contributed by atoms with van der Waals surface area (Å²) in [5, 5.41) is 7.02. The zero-order chi connectivity index (χ0) is 13.8. The van der Waals surface area contributed by atoms with E-state index >= 15 is 0 Å². The molecule has 1 aromatic heterocycles. The maximum atomic E-state index is 12.0. The minimum Gasteiger partial charge on any atom is -0.497 e. The molecule has 19 heavy (non-hydrogen) atoms. The summed E-state index contributed by atoms with van der Waals surface area (Å²) in [6.45, 7) is 2.31. The number of hydrogen-bond acceptors (Lipinski definition) is 3. The monoisotopic (exact) mass is 259 g/mol. The summed E-state index contributed by atoms with van der Waals surface area (Å²) in [5.74, 6) is 0.694. The van der Waals surface area contributed by atoms with Gasteiger partial charge in [0.15, 0.2) is 0 Å². The van der Waals surface area contributed by atoms with E-state index in [0.29, 0.717) is 12.1 Å². The number of nitrogens with zero attached hydrogens (tertiary/aromatic N) is 2. The van der Waals surface area contributed by atoms with Crippen molar-refractivity contribution in [3.05, 3.63) is 47.3 Å². The van der Waals surface area contributed by atoms with E-state index in [0.717, 1.165) is 17.0 Å². The Kier molecular flexibility index (Phi) is 3.85. The van der Waals surface area contributed by atoms with E-state index in [1.807, 2.05) is 31.2 Å². The first-order valence-electron chi connectivity index (χ1n) is 6.01. The number of ether oxygens (including phenoxy) is 1. The summed E-state index contributed by atoms with van der Waals surface area (Å²) in [6.07, 6.45) is 1.72. The fraction of sp³-hybridized carbons (Fsp3) is 0.286. The molecule has 0 saturated carbocycles. The second-order valence-electron chi connectivity index (χ2n) is 4.33. The highest BCUT2D eigenvalue weighted by Gasteiger charge is 2.11. The molecule has 0 aliphatic carbocycles. The normalized spacial score (nSPS) is 10.3. The summed E-state index contributed by atoms with van der Waals surface area (Å²) in [4.78, 5) is 12.0. The molecule has 0 saturated heterocycles. The van der Waals surface area contributed by atoms with Crippen LogP contribution in [0, 0.1) is 6.92 Å². The maximum Gasteiger partial charge on any atom is 0.255 e. The van der Waals surface area contributed by atoms with Gasteiger partial charge >= 0.3 is 0 Å². The van der Waals surface area contributed by atoms with Crippen LogP contribution < -0.4 is 10.1 Å². The number of carbonyl (C=O) groups is 1. The van der Waals surface area contributed by atoms with Gasteiger partial charge in [0.2, 0.25) is 0 Å². The molecule has 1 amide bonds. The van der Waals surface area contributed by atoms with Crippen molar-refractivity contribution in [2.45, 2.75) is 13.5 Å². The molecule has 0 spiro atoms. The SMILES string of the molecule is COc1ccc(CNC(=O)c2cn(C)nc2C)cc1. The molecule has 0 fully saturated rings. The number of nitrogens with one attached hydrogen (secondary N) is 1. The highest BCUT2D eigenvalue weighted by Crippen LogP contribution is 2.11. The number of carbonyl (C=O) groups excluding carboxylic acids is 1. The number of benzene rings is 1. The molecule has 0 aliphatic rings. The van der Waals surface area contributed by atoms with Crippen LogP contribution in [-0.2, 0) is 13.6 Å². The molecule has 2 aromatic rings. The predicted molar refractivity (Wildman–Crippen MR) is 72.1 cm³/mol. The highest BCUT2D eigenvalue weighted by molar-refractivity contribution is 5.94. The lowest BCUT2D eigenvalue weighted by Gasteiger charge is -2.05. The molecule has 1 aromatic carbocycles. The smallest absolute Gasteiger partial charge is 0.255 e. The summed E-state index contributed by atoms with van der Waals surface area (Å²) >= 11 is 0. The second-order valence-corrected chi connectivity index (χ2v) is 4.33. The number of aryl methyl sites for hydroxylation is 2. The van der Waals surface area contributed by atoms with Crippen molar-refractivity contribution in [2.75, 3.05) is 7.11 Å². The molecule has 0 radical (unpaired) electrons. The van der Waals surface area contributed by atoms with Gasteiger partial charge in [0.05, 0.1) is 18.4 Å². The third kappa shape index (κ3) is 3.13. The van der Waals surface area contributed by atoms with Gasteiger partial charge < -0.3 is 10.1 Å². The fourth-order valence-corrected chi connectivity index (χ4v) is 1.84. The van der Waals surface area contributed by atoms with Gasteiger partial charge in [-0.3, -0.25) is 9.48 Å². The molecule has 1 N–H and O–H groups in total. The van der Waals surface area contributed by atoms with Crippen LogP contribution >= 0.6 is 0 Å². The van der Waals surface area contributed by atoms with Gasteiger partial charge in [-0.15, -0.1) is 0 Å². The van der Waals surface area contributed by atoms with Crippen molar-refractivity contribution in [2.24, 2.45) is 7.05 Å². The average Bonchev–Trinajstić information content (AvgIpc) is 2.75. The number of rotatable bonds is 4. The summed E-state index contributed by atoms with van der Waals surface area (Å²) in [7, 11) is 3.43. The molecule has 5 heteroatoms. The lowest BCUT2D eigenvalue weighted by atomic mass is 10.2. The Labute approximate surface area is 112 Å². The van der Waals surface area contributed by atoms with Crippen molar-refractivity contribution in [3.8, 4) is 5.75 Å². The zero-order valence-corrected chi connectivity index (χ0v) is 11.3. The number of hydrogen-bond donors (Lipinski definition) is 1. The number of amides is 1. The van der Waals surface area contributed by atoms with Gasteiger partial charge in [0.1, 0.15) is 5.75 Å². The van der Waals surface area contributed by atoms with Crippen LogP contribution in [0.25, 0.3) is 0 Å². The van der Waals surface area contributed by atoms with E-state index in [4.69, 9.17) is 4.74 Å². The van der Waals surface area contributed by atoms with E-state index in [1.54, 1.807) is 25.0 Å². The van der Waals surface area contributed by atoms with Crippen molar-refractivity contribution in [1.82, 2.24) is 15.1 Å². The molecule has 1 heterocycles. The van der Waals surface area contributed by atoms with Gasteiger partial charge in [0, 0.05) is 19.8 Å². The molecule has 0 unspecified atom stereocenters. The van der Waals surface area contributed by atoms with Gasteiger partial charge in [-0.2, -0.15) is 5.10 Å². The third-order valence-electron chi connectivity index (χ3n) is 2.87. The van der Waals surface area contributed by atoms with Gasteiger partial charge in [0.25, 0.3) is 5.91 Å². The predicted octanol–water partition coefficient (Wildman–Crippen LogP) is 1.67. The molecule has 0 bridgehead atoms. The highest BCUT2D eigenvalue weighted by atomic mass is 16.5. The Balaban J connectivity index is 1.98. The van der Waals surface area contributed by atoms with Gasteiger partial charge in [-0.25, -0.2) is 0 Å². The molecular formula is C14H17N3O2. The van der Waals surface area contributed by atoms with Crippen LogP contribution in [0.3, 0.4) is 0 Å². The molecule has 2 rings (SSSR count). The molecule has 100 valence electrons. The number of methoxy groups -OCH3 is 1. The largest absolute Gasteiger partial charge is 0.497 e. The summed E-state index contributed by atoms with van der Waals surface area (Å²) in [6, 6.07) is 7.60. The van der Waals surface area contributed by atoms with E-state index in [2.05, 4.69) is 10.4 Å².